The van der Waals surface area contributed by atoms with Crippen LogP contribution < -0.4 is 15.1 Å². The molecule has 0 aromatic carbocycles. The van der Waals surface area contributed by atoms with Gasteiger partial charge >= 0.3 is 0 Å². The number of nitrogens with one attached hydrogen (secondary N) is 1. The van der Waals surface area contributed by atoms with Crippen molar-refractivity contribution in [3.8, 4) is 11.4 Å². The van der Waals surface area contributed by atoms with Gasteiger partial charge in [0.2, 0.25) is 12.3 Å². The fourth-order valence-electron chi connectivity index (χ4n) is 5.44. The average Bonchev–Trinajstić information content (AvgIpc) is 3.41. The van der Waals surface area contributed by atoms with Crippen LogP contribution in [0.4, 0.5) is 26.2 Å². The number of halogens is 2. The molecule has 4 atom stereocenters. The number of alkyl halides is 2. The first-order chi connectivity index (χ1) is 20.0. The number of carbonyl (C=O) groups excluding carboxylic acids is 3. The van der Waals surface area contributed by atoms with Crippen LogP contribution in [0.25, 0.3) is 11.4 Å². The zero-order valence-corrected chi connectivity index (χ0v) is 23.1. The topological polar surface area (TPSA) is 150 Å². The zero-order valence-electron chi connectivity index (χ0n) is 23.1. The van der Waals surface area contributed by atoms with E-state index in [0.29, 0.717) is 17.2 Å². The van der Waals surface area contributed by atoms with E-state index in [0.717, 1.165) is 4.90 Å². The number of aliphatic hydroxyl groups is 1. The maximum absolute atomic E-state index is 13.5. The second-order valence-electron chi connectivity index (χ2n) is 10.7. The molecule has 2 amide bonds. The van der Waals surface area contributed by atoms with Crippen molar-refractivity contribution >= 4 is 35.1 Å². The van der Waals surface area contributed by atoms with E-state index in [9.17, 15) is 28.3 Å². The summed E-state index contributed by atoms with van der Waals surface area (Å²) in [6.45, 7) is 3.48. The Hall–Kier alpha value is -4.53. The highest BCUT2D eigenvalue weighted by Crippen LogP contribution is 2.59. The SMILES string of the molecule is CCC(=O)CN1C(=O)c2c(ncn2[C@@H](C)C(=O)Nc2cccc(-c3cnc(N4CC5C(C4)C5(F)F)cn3)n2)N(C)C1O. The molecule has 2 fully saturated rings. The van der Waals surface area contributed by atoms with E-state index in [1.807, 2.05) is 0 Å². The molecule has 0 radical (unpaired) electrons. The second kappa shape index (κ2) is 10.1. The van der Waals surface area contributed by atoms with Crippen molar-refractivity contribution in [1.82, 2.24) is 29.4 Å². The summed E-state index contributed by atoms with van der Waals surface area (Å²) in [5.74, 6) is -4.18. The third kappa shape index (κ3) is 4.53. The molecule has 3 unspecified atom stereocenters. The van der Waals surface area contributed by atoms with Crippen LogP contribution in [0, 0.1) is 11.8 Å². The van der Waals surface area contributed by atoms with Crippen molar-refractivity contribution in [2.75, 3.05) is 41.8 Å². The number of imidazole rings is 1. The van der Waals surface area contributed by atoms with Gasteiger partial charge in [0.1, 0.15) is 23.4 Å². The van der Waals surface area contributed by atoms with E-state index in [2.05, 4.69) is 25.3 Å². The van der Waals surface area contributed by atoms with Crippen LogP contribution >= 0.6 is 0 Å². The van der Waals surface area contributed by atoms with Crippen LogP contribution in [0.5, 0.6) is 0 Å². The third-order valence-electron chi connectivity index (χ3n) is 8.16. The van der Waals surface area contributed by atoms with Gasteiger partial charge in [-0.3, -0.25) is 19.3 Å². The Balaban J connectivity index is 1.15. The minimum atomic E-state index is -2.57. The lowest BCUT2D eigenvalue weighted by molar-refractivity contribution is -0.122. The number of aromatic nitrogens is 5. The zero-order chi connectivity index (χ0) is 29.9. The van der Waals surface area contributed by atoms with Crippen molar-refractivity contribution in [1.29, 1.82) is 0 Å². The normalized spacial score (nSPS) is 23.0. The summed E-state index contributed by atoms with van der Waals surface area (Å²) in [4.78, 5) is 60.2. The Labute approximate surface area is 239 Å². The summed E-state index contributed by atoms with van der Waals surface area (Å²) < 4.78 is 28.4. The Kier molecular flexibility index (Phi) is 6.63. The van der Waals surface area contributed by atoms with E-state index >= 15 is 0 Å². The number of piperidine rings is 1. The van der Waals surface area contributed by atoms with E-state index in [-0.39, 0.29) is 49.2 Å². The molecule has 1 saturated carbocycles. The summed E-state index contributed by atoms with van der Waals surface area (Å²) in [6, 6.07) is 4.09. The molecule has 2 aliphatic heterocycles. The predicted octanol–water partition coefficient (Wildman–Crippen LogP) is 1.78. The van der Waals surface area contributed by atoms with Gasteiger partial charge in [0.25, 0.3) is 11.8 Å². The molecule has 3 aromatic heterocycles. The number of amides is 2. The second-order valence-corrected chi connectivity index (χ2v) is 10.7. The van der Waals surface area contributed by atoms with E-state index in [4.69, 9.17) is 0 Å². The first kappa shape index (κ1) is 27.6. The standard InChI is InChI=1S/C27H29F2N9O4/c1-4-15(39)10-37-25(41)22-23(35(3)26(37)42)32-13-38(22)14(2)24(40)34-20-7-5-6-18(33-20)19-8-31-21(9-30-19)36-11-16-17(12-36)27(16,28)29/h5-9,13-14,16-17,26,42H,4,10-12H2,1-3H3,(H,33,34,40)/t14-,16?,17?,26?/m0/s1. The van der Waals surface area contributed by atoms with Gasteiger partial charge in [-0.2, -0.15) is 0 Å². The molecule has 2 N–H and O–H groups in total. The number of carbonyl (C=O) groups is 3. The number of Topliss-reactive ketones (excluding diaryl/α,β-unsaturated/α-hetero) is 1. The molecular weight excluding hydrogens is 552 g/mol. The Morgan fingerprint density at radius 3 is 2.55 bits per heavy atom. The summed E-state index contributed by atoms with van der Waals surface area (Å²) >= 11 is 0. The van der Waals surface area contributed by atoms with Gasteiger partial charge in [0.05, 0.1) is 42.8 Å². The summed E-state index contributed by atoms with van der Waals surface area (Å²) in [7, 11) is 1.54. The number of fused-ring (bicyclic) bond motifs is 2. The maximum Gasteiger partial charge on any atom is 0.278 e. The predicted molar refractivity (Wildman–Crippen MR) is 146 cm³/mol. The molecule has 5 heterocycles. The van der Waals surface area contributed by atoms with Crippen molar-refractivity contribution in [3.05, 3.63) is 42.6 Å². The lowest BCUT2D eigenvalue weighted by Crippen LogP contribution is -2.56. The first-order valence-electron chi connectivity index (χ1n) is 13.5. The largest absolute Gasteiger partial charge is 0.356 e. The van der Waals surface area contributed by atoms with Gasteiger partial charge in [-0.05, 0) is 19.1 Å². The lowest BCUT2D eigenvalue weighted by Gasteiger charge is -2.38. The number of anilines is 3. The number of pyridine rings is 1. The molecule has 1 saturated heterocycles. The molecule has 0 bridgehead atoms. The van der Waals surface area contributed by atoms with Crippen molar-refractivity contribution in [2.45, 2.75) is 38.6 Å². The van der Waals surface area contributed by atoms with Crippen LogP contribution in [0.2, 0.25) is 0 Å². The Morgan fingerprint density at radius 1 is 1.14 bits per heavy atom. The summed E-state index contributed by atoms with van der Waals surface area (Å²) in [5.41, 5.74) is 0.956. The average molecular weight is 582 g/mol. The first-order valence-corrected chi connectivity index (χ1v) is 13.5. The molecular formula is C27H29F2N9O4. The number of rotatable bonds is 8. The monoisotopic (exact) mass is 581 g/mol. The summed E-state index contributed by atoms with van der Waals surface area (Å²) in [6.07, 6.45) is 3.21. The van der Waals surface area contributed by atoms with Gasteiger partial charge in [0.15, 0.2) is 17.3 Å². The Morgan fingerprint density at radius 2 is 1.88 bits per heavy atom. The van der Waals surface area contributed by atoms with E-state index in [1.54, 1.807) is 36.9 Å². The van der Waals surface area contributed by atoms with Gasteiger partial charge < -0.3 is 24.8 Å². The minimum absolute atomic E-state index is 0.0745. The van der Waals surface area contributed by atoms with Crippen molar-refractivity contribution in [3.63, 3.8) is 0 Å². The molecule has 15 heteroatoms. The molecule has 1 aliphatic carbocycles. The number of ketones is 1. The maximum atomic E-state index is 13.5. The number of hydrogen-bond donors (Lipinski definition) is 2. The minimum Gasteiger partial charge on any atom is -0.356 e. The lowest BCUT2D eigenvalue weighted by atomic mass is 10.2. The van der Waals surface area contributed by atoms with Crippen LogP contribution in [-0.4, -0.2) is 91.1 Å². The highest BCUT2D eigenvalue weighted by atomic mass is 19.3. The molecule has 42 heavy (non-hydrogen) atoms. The smallest absolute Gasteiger partial charge is 0.278 e. The molecule has 3 aliphatic rings. The van der Waals surface area contributed by atoms with Gasteiger partial charge in [-0.15, -0.1) is 0 Å². The highest BCUT2D eigenvalue weighted by molar-refractivity contribution is 6.02. The van der Waals surface area contributed by atoms with Crippen LogP contribution in [-0.2, 0) is 9.59 Å². The van der Waals surface area contributed by atoms with Gasteiger partial charge in [-0.25, -0.2) is 28.7 Å². The van der Waals surface area contributed by atoms with Crippen LogP contribution in [0.3, 0.4) is 0 Å². The van der Waals surface area contributed by atoms with Crippen molar-refractivity contribution in [2.24, 2.45) is 11.8 Å². The number of hydrogen-bond acceptors (Lipinski definition) is 10. The quantitative estimate of drug-likeness (QED) is 0.403. The molecule has 0 spiro atoms. The molecule has 6 rings (SSSR count). The number of nitrogens with zero attached hydrogens (tertiary/aromatic N) is 8. The molecule has 13 nitrogen and oxygen atoms in total. The van der Waals surface area contributed by atoms with Gasteiger partial charge in [0, 0.05) is 26.6 Å². The Bertz CT molecular complexity index is 1550. The van der Waals surface area contributed by atoms with Crippen LogP contribution in [0.15, 0.2) is 36.9 Å². The van der Waals surface area contributed by atoms with Crippen LogP contribution in [0.1, 0.15) is 36.8 Å². The fraction of sp³-hybridized carbons (Fsp3) is 0.444. The van der Waals surface area contributed by atoms with E-state index < -0.39 is 42.0 Å². The third-order valence-corrected chi connectivity index (χ3v) is 8.16. The fourth-order valence-corrected chi connectivity index (χ4v) is 5.44. The number of aliphatic hydroxyl groups excluding tert-OH is 1. The van der Waals surface area contributed by atoms with Crippen molar-refractivity contribution < 1.29 is 28.3 Å². The molecule has 220 valence electrons. The van der Waals surface area contributed by atoms with E-state index in [1.165, 1.54) is 35.2 Å². The van der Waals surface area contributed by atoms with Gasteiger partial charge in [-0.1, -0.05) is 13.0 Å². The highest BCUT2D eigenvalue weighted by Gasteiger charge is 2.71. The molecule has 3 aromatic rings. The summed E-state index contributed by atoms with van der Waals surface area (Å²) in [5, 5.41) is 13.3.